The summed E-state index contributed by atoms with van der Waals surface area (Å²) in [6, 6.07) is 17.6. The van der Waals surface area contributed by atoms with E-state index in [1.807, 2.05) is 42.6 Å². The number of carbonyl (C=O) groups is 1. The lowest BCUT2D eigenvalue weighted by Crippen LogP contribution is -2.55. The number of nitrogens with one attached hydrogen (secondary N) is 1. The normalized spacial score (nSPS) is 19.7. The number of aromatic carboxylic acids is 1. The summed E-state index contributed by atoms with van der Waals surface area (Å²) in [5.41, 5.74) is 6.69. The molecule has 1 aliphatic heterocycles. The number of halogens is 1. The fourth-order valence-corrected chi connectivity index (χ4v) is 6.99. The molecule has 3 aliphatic rings. The standard InChI is InChI=1S/C35H37ClN4O3/c1-34(2)11-9-25(30(19-34)23-3-5-26(36)6-4-23)21-40-16-15-39(22-35(40)12-13-35)27-7-8-29(33(41)42)31(18-27)43-28-17-24-10-14-37-32(24)38-20-28/h3-8,10,14,17-18,20H,9,11-13,15-16,19,21-22H2,1-2H3,(H,37,38)(H,41,42). The van der Waals surface area contributed by atoms with Crippen LogP contribution >= 0.6 is 11.6 Å². The molecule has 3 heterocycles. The van der Waals surface area contributed by atoms with Crippen molar-refractivity contribution in [3.8, 4) is 11.5 Å². The predicted molar refractivity (Wildman–Crippen MR) is 171 cm³/mol. The second kappa shape index (κ2) is 10.7. The quantitative estimate of drug-likeness (QED) is 0.225. The molecular formula is C35H37ClN4O3. The summed E-state index contributed by atoms with van der Waals surface area (Å²) in [6.45, 7) is 8.52. The monoisotopic (exact) mass is 596 g/mol. The van der Waals surface area contributed by atoms with Gasteiger partial charge in [0.2, 0.25) is 0 Å². The first-order chi connectivity index (χ1) is 20.7. The minimum absolute atomic E-state index is 0.138. The molecule has 2 N–H and O–H groups in total. The molecule has 2 fully saturated rings. The number of carboxylic acid groups (broad SMARTS) is 1. The Kier molecular flexibility index (Phi) is 6.98. The number of allylic oxidation sites excluding steroid dienone is 1. The van der Waals surface area contributed by atoms with Crippen molar-refractivity contribution in [1.82, 2.24) is 14.9 Å². The highest BCUT2D eigenvalue weighted by molar-refractivity contribution is 6.30. The number of aromatic amines is 1. The van der Waals surface area contributed by atoms with E-state index in [-0.39, 0.29) is 11.1 Å². The molecule has 222 valence electrons. The predicted octanol–water partition coefficient (Wildman–Crippen LogP) is 8.03. The van der Waals surface area contributed by atoms with Crippen molar-refractivity contribution >= 4 is 39.9 Å². The molecule has 1 spiro atoms. The van der Waals surface area contributed by atoms with E-state index < -0.39 is 5.97 Å². The van der Waals surface area contributed by atoms with Crippen LogP contribution in [0.1, 0.15) is 61.9 Å². The highest BCUT2D eigenvalue weighted by Crippen LogP contribution is 2.48. The number of hydrogen-bond donors (Lipinski definition) is 2. The number of aromatic nitrogens is 2. The third-order valence-corrected chi connectivity index (χ3v) is 9.80. The van der Waals surface area contributed by atoms with E-state index >= 15 is 0 Å². The Labute approximate surface area is 257 Å². The second-order valence-corrected chi connectivity index (χ2v) is 13.6. The molecule has 1 saturated heterocycles. The van der Waals surface area contributed by atoms with E-state index in [1.165, 1.54) is 30.4 Å². The Hall–Kier alpha value is -3.81. The molecule has 2 aromatic carbocycles. The SMILES string of the molecule is CC1(C)CCC(CN2CCN(c3ccc(C(=O)O)c(Oc4cnc5[nH]ccc5c4)c3)CC23CC3)=C(c2ccc(Cl)cc2)C1. The summed E-state index contributed by atoms with van der Waals surface area (Å²) in [7, 11) is 0. The molecule has 1 saturated carbocycles. The fourth-order valence-electron chi connectivity index (χ4n) is 6.86. The Balaban J connectivity index is 1.12. The van der Waals surface area contributed by atoms with Crippen LogP contribution in [0, 0.1) is 5.41 Å². The first-order valence-electron chi connectivity index (χ1n) is 15.1. The van der Waals surface area contributed by atoms with E-state index in [9.17, 15) is 9.90 Å². The van der Waals surface area contributed by atoms with E-state index in [2.05, 4.69) is 45.7 Å². The van der Waals surface area contributed by atoms with Crippen LogP contribution in [0.5, 0.6) is 11.5 Å². The van der Waals surface area contributed by atoms with Gasteiger partial charge in [0.05, 0.1) is 6.20 Å². The molecule has 0 unspecified atom stereocenters. The minimum atomic E-state index is -1.01. The van der Waals surface area contributed by atoms with Crippen molar-refractivity contribution < 1.29 is 14.6 Å². The zero-order chi connectivity index (χ0) is 29.8. The molecule has 7 rings (SSSR count). The number of rotatable bonds is 7. The van der Waals surface area contributed by atoms with Crippen LogP contribution in [-0.4, -0.2) is 57.7 Å². The van der Waals surface area contributed by atoms with Gasteiger partial charge >= 0.3 is 5.97 Å². The van der Waals surface area contributed by atoms with Gasteiger partial charge in [-0.2, -0.15) is 0 Å². The van der Waals surface area contributed by atoms with Crippen molar-refractivity contribution in [1.29, 1.82) is 0 Å². The largest absolute Gasteiger partial charge is 0.478 e. The molecule has 7 nitrogen and oxygen atoms in total. The maximum atomic E-state index is 12.1. The summed E-state index contributed by atoms with van der Waals surface area (Å²) in [6.07, 6.45) is 9.22. The van der Waals surface area contributed by atoms with Crippen molar-refractivity contribution in [3.63, 3.8) is 0 Å². The van der Waals surface area contributed by atoms with Crippen LogP contribution in [0.25, 0.3) is 16.6 Å². The lowest BCUT2D eigenvalue weighted by molar-refractivity contribution is 0.0694. The number of H-pyrrole nitrogens is 1. The zero-order valence-corrected chi connectivity index (χ0v) is 25.5. The van der Waals surface area contributed by atoms with E-state index in [0.29, 0.717) is 16.9 Å². The number of nitrogens with zero attached hydrogens (tertiary/aromatic N) is 3. The van der Waals surface area contributed by atoms with Gasteiger partial charge in [0.1, 0.15) is 22.7 Å². The zero-order valence-electron chi connectivity index (χ0n) is 24.7. The van der Waals surface area contributed by atoms with E-state index in [1.54, 1.807) is 17.8 Å². The minimum Gasteiger partial charge on any atom is -0.478 e. The number of hydrogen-bond acceptors (Lipinski definition) is 5. The Morgan fingerprint density at radius 1 is 1.07 bits per heavy atom. The van der Waals surface area contributed by atoms with Crippen LogP contribution in [0.4, 0.5) is 5.69 Å². The van der Waals surface area contributed by atoms with E-state index in [4.69, 9.17) is 16.3 Å². The second-order valence-electron chi connectivity index (χ2n) is 13.2. The lowest BCUT2D eigenvalue weighted by atomic mass is 9.72. The Bertz CT molecular complexity index is 1720. The number of benzene rings is 2. The number of pyridine rings is 1. The number of carboxylic acids is 1. The molecule has 0 radical (unpaired) electrons. The maximum Gasteiger partial charge on any atom is 0.339 e. The average Bonchev–Trinajstić information content (AvgIpc) is 3.59. The average molecular weight is 597 g/mol. The van der Waals surface area contributed by atoms with Crippen LogP contribution in [0.2, 0.25) is 5.02 Å². The Morgan fingerprint density at radius 2 is 1.88 bits per heavy atom. The van der Waals surface area contributed by atoms with Gasteiger partial charge in [0.25, 0.3) is 0 Å². The first-order valence-corrected chi connectivity index (χ1v) is 15.5. The molecule has 43 heavy (non-hydrogen) atoms. The third kappa shape index (κ3) is 5.64. The molecule has 8 heteroatoms. The van der Waals surface area contributed by atoms with Crippen molar-refractivity contribution in [2.45, 2.75) is 51.5 Å². The maximum absolute atomic E-state index is 12.1. The van der Waals surface area contributed by atoms with Crippen molar-refractivity contribution in [2.75, 3.05) is 31.1 Å². The molecule has 0 atom stereocenters. The fraction of sp³-hybridized carbons (Fsp3) is 0.371. The van der Waals surface area contributed by atoms with Crippen molar-refractivity contribution in [3.05, 3.63) is 88.7 Å². The van der Waals surface area contributed by atoms with Gasteiger partial charge in [-0.15, -0.1) is 0 Å². The van der Waals surface area contributed by atoms with Crippen molar-refractivity contribution in [2.24, 2.45) is 5.41 Å². The van der Waals surface area contributed by atoms with Gasteiger partial charge in [0.15, 0.2) is 0 Å². The molecule has 0 amide bonds. The number of anilines is 1. The lowest BCUT2D eigenvalue weighted by Gasteiger charge is -2.45. The van der Waals surface area contributed by atoms with Gasteiger partial charge in [-0.25, -0.2) is 9.78 Å². The van der Waals surface area contributed by atoms with Crippen LogP contribution < -0.4 is 9.64 Å². The summed E-state index contributed by atoms with van der Waals surface area (Å²) in [4.78, 5) is 24.6. The number of fused-ring (bicyclic) bond motifs is 1. The third-order valence-electron chi connectivity index (χ3n) is 9.55. The molecule has 0 bridgehead atoms. The molecular weight excluding hydrogens is 560 g/mol. The van der Waals surface area contributed by atoms with Gasteiger partial charge in [-0.05, 0) is 85.1 Å². The van der Waals surface area contributed by atoms with Gasteiger partial charge in [0, 0.05) is 60.1 Å². The highest BCUT2D eigenvalue weighted by atomic mass is 35.5. The van der Waals surface area contributed by atoms with Gasteiger partial charge in [-0.1, -0.05) is 43.2 Å². The summed E-state index contributed by atoms with van der Waals surface area (Å²) in [5, 5.41) is 11.6. The van der Waals surface area contributed by atoms with E-state index in [0.717, 1.165) is 60.8 Å². The van der Waals surface area contributed by atoms with Crippen LogP contribution in [0.3, 0.4) is 0 Å². The first kappa shape index (κ1) is 28.0. The highest BCUT2D eigenvalue weighted by Gasteiger charge is 2.51. The number of piperazine rings is 1. The molecule has 2 aliphatic carbocycles. The van der Waals surface area contributed by atoms with Crippen LogP contribution in [-0.2, 0) is 0 Å². The summed E-state index contributed by atoms with van der Waals surface area (Å²) >= 11 is 6.23. The molecule has 4 aromatic rings. The summed E-state index contributed by atoms with van der Waals surface area (Å²) in [5.74, 6) is -0.173. The smallest absolute Gasteiger partial charge is 0.339 e. The Morgan fingerprint density at radius 3 is 2.65 bits per heavy atom. The van der Waals surface area contributed by atoms with Crippen LogP contribution in [0.15, 0.2) is 72.6 Å². The topological polar surface area (TPSA) is 81.7 Å². The van der Waals surface area contributed by atoms with Gasteiger partial charge < -0.3 is 19.7 Å². The number of ether oxygens (including phenoxy) is 1. The summed E-state index contributed by atoms with van der Waals surface area (Å²) < 4.78 is 6.14. The van der Waals surface area contributed by atoms with Gasteiger partial charge in [-0.3, -0.25) is 4.90 Å². The molecule has 2 aromatic heterocycles.